The van der Waals surface area contributed by atoms with Crippen molar-refractivity contribution >= 4 is 28.6 Å². The van der Waals surface area contributed by atoms with Gasteiger partial charge in [-0.25, -0.2) is 9.97 Å². The third-order valence-electron chi connectivity index (χ3n) is 3.53. The number of anilines is 1. The summed E-state index contributed by atoms with van der Waals surface area (Å²) in [6, 6.07) is -0.318. The van der Waals surface area contributed by atoms with Crippen LogP contribution < -0.4 is 5.73 Å². The highest BCUT2D eigenvalue weighted by molar-refractivity contribution is 7.98. The first kappa shape index (κ1) is 16.0. The number of aliphatic hydroxyl groups excluding tert-OH is 2. The molecule has 2 rings (SSSR count). The monoisotopic (exact) mass is 311 g/mol. The Balaban J connectivity index is 2.17. The van der Waals surface area contributed by atoms with Crippen molar-refractivity contribution in [2.75, 3.05) is 31.4 Å². The van der Waals surface area contributed by atoms with Gasteiger partial charge in [0.1, 0.15) is 11.8 Å². The largest absolute Gasteiger partial charge is 0.395 e. The molecule has 0 amide bonds. The Bertz CT molecular complexity index is 591. The van der Waals surface area contributed by atoms with Gasteiger partial charge >= 0.3 is 0 Å². The minimum absolute atomic E-state index is 0.0995. The third kappa shape index (κ3) is 3.46. The van der Waals surface area contributed by atoms with Gasteiger partial charge < -0.3 is 20.9 Å². The van der Waals surface area contributed by atoms with E-state index in [2.05, 4.69) is 15.0 Å². The molecule has 8 heteroatoms. The number of likely N-dealkylation sites (N-methyl/N-ethyl adjacent to an activating group) is 1. The van der Waals surface area contributed by atoms with Gasteiger partial charge in [0.15, 0.2) is 5.82 Å². The van der Waals surface area contributed by atoms with Crippen LogP contribution in [0.4, 0.5) is 5.82 Å². The Morgan fingerprint density at radius 1 is 1.48 bits per heavy atom. The number of rotatable bonds is 7. The summed E-state index contributed by atoms with van der Waals surface area (Å²) in [4.78, 5) is 13.2. The summed E-state index contributed by atoms with van der Waals surface area (Å²) in [5, 5.41) is 19.6. The van der Waals surface area contributed by atoms with E-state index in [1.54, 1.807) is 11.8 Å². The molecule has 21 heavy (non-hydrogen) atoms. The summed E-state index contributed by atoms with van der Waals surface area (Å²) >= 11 is 1.55. The molecule has 116 valence electrons. The van der Waals surface area contributed by atoms with E-state index in [9.17, 15) is 10.2 Å². The zero-order valence-electron chi connectivity index (χ0n) is 12.2. The van der Waals surface area contributed by atoms with Crippen molar-refractivity contribution in [3.05, 3.63) is 18.1 Å². The number of nitrogens with one attached hydrogen (secondary N) is 1. The normalized spacial score (nSPS) is 14.7. The van der Waals surface area contributed by atoms with Crippen molar-refractivity contribution in [2.45, 2.75) is 18.7 Å². The van der Waals surface area contributed by atoms with Crippen LogP contribution in [0, 0.1) is 0 Å². The number of nitrogens with zero attached hydrogens (tertiary/aromatic N) is 3. The molecule has 2 heterocycles. The first-order valence-corrected chi connectivity index (χ1v) is 8.02. The first-order chi connectivity index (χ1) is 10.1. The summed E-state index contributed by atoms with van der Waals surface area (Å²) in [7, 11) is 1.87. The first-order valence-electron chi connectivity index (χ1n) is 6.63. The molecule has 0 aliphatic carbocycles. The van der Waals surface area contributed by atoms with Crippen LogP contribution in [0.1, 0.15) is 5.56 Å². The fourth-order valence-corrected chi connectivity index (χ4v) is 2.92. The van der Waals surface area contributed by atoms with E-state index in [1.165, 1.54) is 6.33 Å². The average molecular weight is 311 g/mol. The van der Waals surface area contributed by atoms with Crippen molar-refractivity contribution in [2.24, 2.45) is 0 Å². The smallest absolute Gasteiger partial charge is 0.151 e. The lowest BCUT2D eigenvalue weighted by atomic mass is 10.1. The van der Waals surface area contributed by atoms with E-state index < -0.39 is 6.10 Å². The number of nitrogen functional groups attached to an aromatic ring is 1. The molecule has 0 aromatic carbocycles. The highest BCUT2D eigenvalue weighted by Crippen LogP contribution is 2.21. The molecule has 2 atom stereocenters. The summed E-state index contributed by atoms with van der Waals surface area (Å²) in [6.07, 6.45) is 4.61. The second-order valence-electron chi connectivity index (χ2n) is 4.98. The van der Waals surface area contributed by atoms with Crippen LogP contribution in [-0.4, -0.2) is 67.9 Å². The molecule has 0 radical (unpaired) electrons. The molecule has 0 aliphatic heterocycles. The van der Waals surface area contributed by atoms with Gasteiger partial charge in [-0.05, 0) is 13.3 Å². The second-order valence-corrected chi connectivity index (χ2v) is 5.89. The molecule has 5 N–H and O–H groups in total. The minimum atomic E-state index is -0.583. The molecule has 0 bridgehead atoms. The number of H-pyrrole nitrogens is 1. The molecule has 0 aliphatic rings. The van der Waals surface area contributed by atoms with Gasteiger partial charge in [0.05, 0.1) is 24.3 Å². The number of hydrogen-bond donors (Lipinski definition) is 4. The van der Waals surface area contributed by atoms with Crippen molar-refractivity contribution in [1.82, 2.24) is 19.9 Å². The predicted molar refractivity (Wildman–Crippen MR) is 85.0 cm³/mol. The van der Waals surface area contributed by atoms with Gasteiger partial charge in [0, 0.05) is 24.1 Å². The van der Waals surface area contributed by atoms with Gasteiger partial charge in [0.2, 0.25) is 0 Å². The molecule has 0 unspecified atom stereocenters. The van der Waals surface area contributed by atoms with E-state index in [1.807, 2.05) is 24.4 Å². The van der Waals surface area contributed by atoms with Gasteiger partial charge in [-0.15, -0.1) is 0 Å². The Labute approximate surface area is 127 Å². The number of nitrogens with two attached hydrogens (primary N) is 1. The average Bonchev–Trinajstić information content (AvgIpc) is 2.84. The van der Waals surface area contributed by atoms with E-state index in [-0.39, 0.29) is 12.6 Å². The Morgan fingerprint density at radius 3 is 2.90 bits per heavy atom. The molecule has 2 aromatic rings. The van der Waals surface area contributed by atoms with Gasteiger partial charge in [-0.2, -0.15) is 11.8 Å². The van der Waals surface area contributed by atoms with Gasteiger partial charge in [-0.1, -0.05) is 0 Å². The molecule has 7 nitrogen and oxygen atoms in total. The number of aromatic nitrogens is 3. The maximum Gasteiger partial charge on any atom is 0.151 e. The van der Waals surface area contributed by atoms with E-state index >= 15 is 0 Å². The minimum Gasteiger partial charge on any atom is -0.395 e. The molecule has 0 saturated heterocycles. The zero-order valence-corrected chi connectivity index (χ0v) is 13.0. The molecule has 0 fully saturated rings. The molecule has 2 aromatic heterocycles. The lowest BCUT2D eigenvalue weighted by molar-refractivity contribution is 0.0379. The van der Waals surface area contributed by atoms with Crippen LogP contribution in [-0.2, 0) is 6.54 Å². The molecule has 0 spiro atoms. The fraction of sp³-hybridized carbons (Fsp3) is 0.538. The second kappa shape index (κ2) is 7.08. The number of hydrogen-bond acceptors (Lipinski definition) is 7. The Hall–Kier alpha value is -1.35. The fourth-order valence-electron chi connectivity index (χ4n) is 2.36. The van der Waals surface area contributed by atoms with E-state index in [4.69, 9.17) is 5.73 Å². The van der Waals surface area contributed by atoms with Crippen LogP contribution in [0.3, 0.4) is 0 Å². The maximum atomic E-state index is 10.1. The standard InChI is InChI=1S/C13H21N5O2S/c1-18(9(5-19)10(20)6-21-2)4-8-3-15-12-11(8)16-7-17-13(12)14/h3,7,9-10,15,19-20H,4-6H2,1-2H3,(H2,14,16,17)/t9-,10+/m0/s1. The van der Waals surface area contributed by atoms with Crippen LogP contribution in [0.15, 0.2) is 12.5 Å². The Kier molecular flexibility index (Phi) is 5.40. The van der Waals surface area contributed by atoms with E-state index in [0.29, 0.717) is 23.6 Å². The highest BCUT2D eigenvalue weighted by Gasteiger charge is 2.23. The molecular formula is C13H21N5O2S. The van der Waals surface area contributed by atoms with Crippen LogP contribution in [0.2, 0.25) is 0 Å². The summed E-state index contributed by atoms with van der Waals surface area (Å²) in [5.74, 6) is 0.994. The number of aromatic amines is 1. The maximum absolute atomic E-state index is 10.1. The molecule has 0 saturated carbocycles. The van der Waals surface area contributed by atoms with Gasteiger partial charge in [0.25, 0.3) is 0 Å². The zero-order chi connectivity index (χ0) is 15.4. The molecular weight excluding hydrogens is 290 g/mol. The highest BCUT2D eigenvalue weighted by atomic mass is 32.2. The SMILES string of the molecule is CSC[C@@H](O)[C@H](CO)N(C)Cc1c[nH]c2c(N)ncnc12. The number of thioether (sulfide) groups is 1. The quantitative estimate of drug-likeness (QED) is 0.572. The lowest BCUT2D eigenvalue weighted by Crippen LogP contribution is -2.44. The summed E-state index contributed by atoms with van der Waals surface area (Å²) < 4.78 is 0. The van der Waals surface area contributed by atoms with Crippen molar-refractivity contribution in [3.63, 3.8) is 0 Å². The van der Waals surface area contributed by atoms with Crippen molar-refractivity contribution < 1.29 is 10.2 Å². The van der Waals surface area contributed by atoms with Crippen LogP contribution in [0.5, 0.6) is 0 Å². The van der Waals surface area contributed by atoms with Crippen molar-refractivity contribution in [1.29, 1.82) is 0 Å². The van der Waals surface area contributed by atoms with E-state index in [0.717, 1.165) is 11.1 Å². The number of fused-ring (bicyclic) bond motifs is 1. The van der Waals surface area contributed by atoms with Crippen molar-refractivity contribution in [3.8, 4) is 0 Å². The topological polar surface area (TPSA) is 111 Å². The van der Waals surface area contributed by atoms with Crippen LogP contribution >= 0.6 is 11.8 Å². The van der Waals surface area contributed by atoms with Crippen LogP contribution in [0.25, 0.3) is 11.0 Å². The summed E-state index contributed by atoms with van der Waals surface area (Å²) in [5.41, 5.74) is 8.23. The third-order valence-corrected chi connectivity index (χ3v) is 4.20. The Morgan fingerprint density at radius 2 is 2.24 bits per heavy atom. The van der Waals surface area contributed by atoms with Gasteiger partial charge in [-0.3, -0.25) is 4.90 Å². The lowest BCUT2D eigenvalue weighted by Gasteiger charge is -2.30. The summed E-state index contributed by atoms with van der Waals surface area (Å²) in [6.45, 7) is 0.449. The predicted octanol–water partition coefficient (Wildman–Crippen LogP) is 0.0567. The number of aliphatic hydroxyl groups is 2.